The highest BCUT2D eigenvalue weighted by atomic mass is 19.1. The van der Waals surface area contributed by atoms with E-state index in [-0.39, 0.29) is 42.8 Å². The average molecular weight is 723 g/mol. The smallest absolute Gasteiger partial charge is 0.407 e. The van der Waals surface area contributed by atoms with Crippen molar-refractivity contribution >= 4 is 23.6 Å². The Hall–Kier alpha value is -5.42. The molecule has 0 aromatic heterocycles. The summed E-state index contributed by atoms with van der Waals surface area (Å²) < 4.78 is 27.7. The zero-order valence-corrected chi connectivity index (χ0v) is 30.7. The van der Waals surface area contributed by atoms with Crippen LogP contribution in [0.5, 0.6) is 11.5 Å². The van der Waals surface area contributed by atoms with E-state index >= 15 is 4.39 Å². The summed E-state index contributed by atoms with van der Waals surface area (Å²) in [5.41, 5.74) is 1.99. The average Bonchev–Trinajstić information content (AvgIpc) is 3.15. The van der Waals surface area contributed by atoms with Gasteiger partial charge >= 0.3 is 6.09 Å². The lowest BCUT2D eigenvalue weighted by atomic mass is 9.84. The second kappa shape index (κ2) is 16.1. The molecule has 2 atom stereocenters. The van der Waals surface area contributed by atoms with Gasteiger partial charge in [0, 0.05) is 57.8 Å². The maximum atomic E-state index is 16.1. The minimum absolute atomic E-state index is 0.0594. The molecule has 2 aliphatic heterocycles. The second-order valence-electron chi connectivity index (χ2n) is 14.1. The summed E-state index contributed by atoms with van der Waals surface area (Å²) in [6.45, 7) is 7.71. The highest BCUT2D eigenvalue weighted by molar-refractivity contribution is 6.04. The third-order valence-electron chi connectivity index (χ3n) is 10.2. The summed E-state index contributed by atoms with van der Waals surface area (Å²) in [5.74, 6) is -1.08. The number of amides is 3. The van der Waals surface area contributed by atoms with Crippen molar-refractivity contribution in [3.63, 3.8) is 0 Å². The number of hydrogen-bond acceptors (Lipinski definition) is 6. The molecule has 4 aromatic carbocycles. The number of methoxy groups -OCH3 is 1. The minimum atomic E-state index is -1.27. The largest absolute Gasteiger partial charge is 0.497 e. The van der Waals surface area contributed by atoms with Crippen molar-refractivity contribution in [3.8, 4) is 11.5 Å². The quantitative estimate of drug-likeness (QED) is 0.167. The molecule has 0 radical (unpaired) electrons. The molecule has 4 aromatic rings. The van der Waals surface area contributed by atoms with Gasteiger partial charge in [-0.15, -0.1) is 0 Å². The molecule has 6 rings (SSSR count). The van der Waals surface area contributed by atoms with Crippen LogP contribution in [0.2, 0.25) is 0 Å². The summed E-state index contributed by atoms with van der Waals surface area (Å²) in [6.07, 6.45) is -0.612. The summed E-state index contributed by atoms with van der Waals surface area (Å²) >= 11 is 0. The van der Waals surface area contributed by atoms with E-state index in [2.05, 4.69) is 29.2 Å². The van der Waals surface area contributed by atoms with Gasteiger partial charge in [-0.1, -0.05) is 72.8 Å². The van der Waals surface area contributed by atoms with E-state index in [1.807, 2.05) is 60.7 Å². The number of ether oxygens (including phenoxy) is 2. The van der Waals surface area contributed by atoms with Crippen LogP contribution in [-0.2, 0) is 17.9 Å². The van der Waals surface area contributed by atoms with Gasteiger partial charge in [-0.05, 0) is 62.1 Å². The molecule has 2 heterocycles. The number of benzene rings is 4. The third kappa shape index (κ3) is 8.30. The lowest BCUT2D eigenvalue weighted by molar-refractivity contribution is -0.132. The van der Waals surface area contributed by atoms with E-state index < -0.39 is 29.5 Å². The van der Waals surface area contributed by atoms with Gasteiger partial charge in [0.05, 0.1) is 24.4 Å². The molecule has 1 saturated heterocycles. The molecular formula is C42H47FN4O6. The Morgan fingerprint density at radius 2 is 1.62 bits per heavy atom. The number of hydrogen-bond donors (Lipinski definition) is 1. The number of carbonyl (C=O) groups excluding carboxylic acids is 2. The standard InChI is InChI=1S/C42H47FN4O6/c1-5-46(37-28-45(41(50)51)20-19-33(37)31-17-12-18-32(23-31)52-4)39(48)34-24-36-38(25-35(34)43)53-42(2,3)40(49)47(36)22-21-44(26-29-13-8-6-9-14-29)27-30-15-10-7-11-16-30/h6-18,23-25,33,37H,5,19-22,26-28H2,1-4H3,(H,50,51)/t33-,37+/m1/s1. The SMILES string of the molecule is CCN(C(=O)c1cc2c(cc1F)OC(C)(C)C(=O)N2CCN(Cc1ccccc1)Cc1ccccc1)[C@H]1CN(C(=O)O)CC[C@@H]1c1cccc(OC)c1. The van der Waals surface area contributed by atoms with Crippen molar-refractivity contribution in [2.45, 2.75) is 57.8 Å². The van der Waals surface area contributed by atoms with Crippen molar-refractivity contribution in [1.82, 2.24) is 14.7 Å². The topological polar surface area (TPSA) is 103 Å². The first-order chi connectivity index (χ1) is 25.5. The number of rotatable bonds is 12. The van der Waals surface area contributed by atoms with E-state index in [1.165, 1.54) is 17.0 Å². The number of carbonyl (C=O) groups is 3. The fourth-order valence-corrected chi connectivity index (χ4v) is 7.48. The number of halogens is 1. The molecule has 11 heteroatoms. The molecule has 1 N–H and O–H groups in total. The van der Waals surface area contributed by atoms with E-state index in [9.17, 15) is 19.5 Å². The van der Waals surface area contributed by atoms with Gasteiger partial charge in [-0.2, -0.15) is 0 Å². The summed E-state index contributed by atoms with van der Waals surface area (Å²) in [6, 6.07) is 29.8. The van der Waals surface area contributed by atoms with Crippen LogP contribution in [0, 0.1) is 5.82 Å². The summed E-state index contributed by atoms with van der Waals surface area (Å²) in [4.78, 5) is 47.3. The fourth-order valence-electron chi connectivity index (χ4n) is 7.48. The maximum Gasteiger partial charge on any atom is 0.407 e. The Kier molecular flexibility index (Phi) is 11.3. The normalized spacial score (nSPS) is 18.0. The molecule has 0 unspecified atom stereocenters. The van der Waals surface area contributed by atoms with Gasteiger partial charge in [0.1, 0.15) is 17.3 Å². The van der Waals surface area contributed by atoms with Crippen molar-refractivity contribution in [2.24, 2.45) is 0 Å². The first kappa shape index (κ1) is 37.3. The van der Waals surface area contributed by atoms with Crippen molar-refractivity contribution in [3.05, 3.63) is 125 Å². The fraction of sp³-hybridized carbons (Fsp3) is 0.357. The molecule has 1 fully saturated rings. The summed E-state index contributed by atoms with van der Waals surface area (Å²) in [7, 11) is 1.58. The van der Waals surface area contributed by atoms with Crippen LogP contribution in [0.15, 0.2) is 97.1 Å². The zero-order chi connectivity index (χ0) is 37.7. The number of nitrogens with zero attached hydrogens (tertiary/aromatic N) is 4. The van der Waals surface area contributed by atoms with Gasteiger partial charge in [-0.3, -0.25) is 14.5 Å². The Morgan fingerprint density at radius 1 is 0.962 bits per heavy atom. The predicted molar refractivity (Wildman–Crippen MR) is 201 cm³/mol. The number of fused-ring (bicyclic) bond motifs is 1. The molecule has 0 saturated carbocycles. The molecule has 3 amide bonds. The minimum Gasteiger partial charge on any atom is -0.497 e. The highest BCUT2D eigenvalue weighted by Crippen LogP contribution is 2.41. The molecule has 2 aliphatic rings. The Balaban J connectivity index is 1.32. The van der Waals surface area contributed by atoms with Crippen LogP contribution in [0.25, 0.3) is 0 Å². The lowest BCUT2D eigenvalue weighted by Gasteiger charge is -2.43. The zero-order valence-electron chi connectivity index (χ0n) is 30.7. The predicted octanol–water partition coefficient (Wildman–Crippen LogP) is 7.04. The number of piperidine rings is 1. The number of carboxylic acid groups (broad SMARTS) is 1. The number of likely N-dealkylation sites (tertiary alicyclic amines) is 1. The van der Waals surface area contributed by atoms with Crippen LogP contribution in [0.4, 0.5) is 14.9 Å². The summed E-state index contributed by atoms with van der Waals surface area (Å²) in [5, 5.41) is 9.92. The van der Waals surface area contributed by atoms with Crippen LogP contribution in [0.1, 0.15) is 60.2 Å². The van der Waals surface area contributed by atoms with E-state index in [1.54, 1.807) is 37.7 Å². The second-order valence-corrected chi connectivity index (χ2v) is 14.1. The monoisotopic (exact) mass is 722 g/mol. The third-order valence-corrected chi connectivity index (χ3v) is 10.2. The van der Waals surface area contributed by atoms with Crippen molar-refractivity contribution in [2.75, 3.05) is 44.7 Å². The van der Waals surface area contributed by atoms with E-state index in [0.29, 0.717) is 44.0 Å². The molecule has 278 valence electrons. The van der Waals surface area contributed by atoms with Gasteiger partial charge in [-0.25, -0.2) is 9.18 Å². The molecular weight excluding hydrogens is 675 g/mol. The van der Waals surface area contributed by atoms with Gasteiger partial charge in [0.25, 0.3) is 11.8 Å². The van der Waals surface area contributed by atoms with Crippen LogP contribution in [-0.4, -0.2) is 89.2 Å². The first-order valence-corrected chi connectivity index (χ1v) is 18.1. The Bertz CT molecular complexity index is 1880. The Morgan fingerprint density at radius 3 is 2.23 bits per heavy atom. The molecule has 0 aliphatic carbocycles. The molecule has 53 heavy (non-hydrogen) atoms. The molecule has 10 nitrogen and oxygen atoms in total. The highest BCUT2D eigenvalue weighted by Gasteiger charge is 2.43. The van der Waals surface area contributed by atoms with Gasteiger partial charge in [0.15, 0.2) is 5.60 Å². The number of anilines is 1. The molecule has 0 bridgehead atoms. The first-order valence-electron chi connectivity index (χ1n) is 18.1. The van der Waals surface area contributed by atoms with Crippen molar-refractivity contribution < 1.29 is 33.4 Å². The van der Waals surface area contributed by atoms with Gasteiger partial charge < -0.3 is 29.3 Å². The van der Waals surface area contributed by atoms with Gasteiger partial charge in [0.2, 0.25) is 0 Å². The van der Waals surface area contributed by atoms with E-state index in [0.717, 1.165) is 16.7 Å². The lowest BCUT2D eigenvalue weighted by Crippen LogP contribution is -2.55. The van der Waals surface area contributed by atoms with Crippen LogP contribution < -0.4 is 14.4 Å². The number of likely N-dealkylation sites (N-methyl/N-ethyl adjacent to an activating group) is 1. The van der Waals surface area contributed by atoms with E-state index in [4.69, 9.17) is 9.47 Å². The van der Waals surface area contributed by atoms with Crippen LogP contribution >= 0.6 is 0 Å². The van der Waals surface area contributed by atoms with Crippen molar-refractivity contribution in [1.29, 1.82) is 0 Å². The van der Waals surface area contributed by atoms with Crippen LogP contribution in [0.3, 0.4) is 0 Å². The molecule has 0 spiro atoms. The maximum absolute atomic E-state index is 16.1. The Labute approximate surface area is 310 Å².